The fourth-order valence-electron chi connectivity index (χ4n) is 8.91. The van der Waals surface area contributed by atoms with Crippen molar-refractivity contribution in [2.75, 3.05) is 0 Å². The van der Waals surface area contributed by atoms with Crippen molar-refractivity contribution in [2.45, 2.75) is 53.4 Å². The first kappa shape index (κ1) is 30.1. The maximum atomic E-state index is 12.0. The Bertz CT molecular complexity index is 2480. The zero-order chi connectivity index (χ0) is 34.3. The fourth-order valence-corrected chi connectivity index (χ4v) is 15.1. The van der Waals surface area contributed by atoms with Crippen LogP contribution >= 0.6 is 0 Å². The Balaban J connectivity index is 1.54. The topological polar surface area (TPSA) is 90.5 Å². The molecule has 1 spiro atoms. The first-order valence-electron chi connectivity index (χ1n) is 16.8. The van der Waals surface area contributed by atoms with E-state index in [1.54, 1.807) is 0 Å². The molecule has 1 unspecified atom stereocenters. The number of aromatic nitrogens is 2. The number of hydrogen-bond donors (Lipinski definition) is 2. The van der Waals surface area contributed by atoms with E-state index in [1.807, 2.05) is 6.08 Å². The number of carboxylic acids is 2. The number of aliphatic carboxylic acids is 2. The minimum absolute atomic E-state index is 0.0265. The predicted molar refractivity (Wildman–Crippen MR) is 187 cm³/mol. The number of nitrogens with zero attached hydrogens (tertiary/aromatic N) is 4. The quantitative estimate of drug-likeness (QED) is 0.243. The van der Waals surface area contributed by atoms with Gasteiger partial charge in [-0.05, 0) is 0 Å². The van der Waals surface area contributed by atoms with Crippen LogP contribution in [0.4, 0.5) is 0 Å². The van der Waals surface area contributed by atoms with Crippen molar-refractivity contribution in [3.05, 3.63) is 122 Å². The maximum absolute atomic E-state index is 12.0. The summed E-state index contributed by atoms with van der Waals surface area (Å²) >= 11 is -3.12. The van der Waals surface area contributed by atoms with Gasteiger partial charge in [-0.15, -0.1) is 0 Å². The summed E-state index contributed by atoms with van der Waals surface area (Å²) in [6, 6.07) is 10.7. The molecule has 248 valence electrons. The van der Waals surface area contributed by atoms with Gasteiger partial charge in [0.15, 0.2) is 0 Å². The van der Waals surface area contributed by atoms with Gasteiger partial charge in [0.1, 0.15) is 0 Å². The Hall–Kier alpha value is -4.98. The number of hydrogen-bond acceptors (Lipinski definition) is 2. The standard InChI is InChI=1S/C40H40N4O4.Fe/c1-7-26-24(6)39-38(25-12-10-9-11-13-25)40-27(8-2)21(3)32(43-40)18-30-22(4)28(14-16-36(45)46)34(41-30)20-35-29(15-17-37(47)48)23(5)31(42-35)19-33(26)44-39;/h7-13,18-20,24,26H,1-2,14-17H2,3-6H3,(H4,41,42,43,44,45,46,47,48);/q;+4/p-2/t24-,26-;/m0./s1. The van der Waals surface area contributed by atoms with Crippen LogP contribution in [-0.2, 0) is 29.7 Å². The van der Waals surface area contributed by atoms with E-state index in [-0.39, 0.29) is 24.7 Å². The van der Waals surface area contributed by atoms with E-state index >= 15 is 0 Å². The summed E-state index contributed by atoms with van der Waals surface area (Å²) in [6.07, 6.45) is 11.8. The van der Waals surface area contributed by atoms with Gasteiger partial charge in [-0.3, -0.25) is 0 Å². The van der Waals surface area contributed by atoms with Crippen LogP contribution in [0.2, 0.25) is 0 Å². The monoisotopic (exact) mass is 694 g/mol. The Morgan fingerprint density at radius 2 is 1.63 bits per heavy atom. The minimum atomic E-state index is -3.12. The molecule has 8 heterocycles. The summed E-state index contributed by atoms with van der Waals surface area (Å²) in [5.41, 5.74) is 15.6. The first-order valence-corrected chi connectivity index (χ1v) is 18.7. The Morgan fingerprint density at radius 3 is 2.31 bits per heavy atom. The normalized spacial score (nSPS) is 24.6. The summed E-state index contributed by atoms with van der Waals surface area (Å²) in [7, 11) is 0. The predicted octanol–water partition coefficient (Wildman–Crippen LogP) is 5.05. The van der Waals surface area contributed by atoms with Gasteiger partial charge in [-0.2, -0.15) is 0 Å². The van der Waals surface area contributed by atoms with Gasteiger partial charge in [0.25, 0.3) is 0 Å². The van der Waals surface area contributed by atoms with Gasteiger partial charge in [-0.25, -0.2) is 0 Å². The van der Waals surface area contributed by atoms with E-state index < -0.39 is 25.7 Å². The average Bonchev–Trinajstić information content (AvgIpc) is 3.73. The molecular weight excluding hydrogens is 656 g/mol. The molecule has 0 aliphatic carbocycles. The van der Waals surface area contributed by atoms with Crippen LogP contribution in [0.3, 0.4) is 0 Å². The second kappa shape index (κ2) is 10.0. The zero-order valence-electron chi connectivity index (χ0n) is 28.0. The molecule has 2 aromatic heterocycles. The molecule has 0 radical (unpaired) electrons. The van der Waals surface area contributed by atoms with E-state index in [4.69, 9.17) is 0 Å². The van der Waals surface area contributed by atoms with E-state index in [9.17, 15) is 19.8 Å². The van der Waals surface area contributed by atoms with Crippen LogP contribution < -0.4 is 10.7 Å². The molecule has 3 atom stereocenters. The molecule has 1 aromatic carbocycles. The van der Waals surface area contributed by atoms with Crippen molar-refractivity contribution in [3.8, 4) is 0 Å². The molecule has 8 nitrogen and oxygen atoms in total. The second-order valence-electron chi connectivity index (χ2n) is 13.6. The molecule has 9 heteroatoms. The van der Waals surface area contributed by atoms with Gasteiger partial charge >= 0.3 is 288 Å². The summed E-state index contributed by atoms with van der Waals surface area (Å²) in [4.78, 5) is 24.0. The summed E-state index contributed by atoms with van der Waals surface area (Å²) in [6.45, 7) is 17.5. The molecule has 9 rings (SSSR count). The van der Waals surface area contributed by atoms with Crippen LogP contribution in [-0.4, -0.2) is 47.9 Å². The van der Waals surface area contributed by atoms with Crippen molar-refractivity contribution in [1.82, 2.24) is 7.17 Å². The van der Waals surface area contributed by atoms with Crippen molar-refractivity contribution in [1.29, 1.82) is 0 Å². The number of rotatable bonds is 9. The van der Waals surface area contributed by atoms with Gasteiger partial charge in [0, 0.05) is 0 Å². The van der Waals surface area contributed by atoms with Gasteiger partial charge in [-0.1, -0.05) is 0 Å². The molecule has 6 aliphatic rings. The SMILES string of the molecule is C=Cc1c(C)c2[n]3c1=C(c1ccccc1)C1=[N+]4C(=Cc5c(C)c(CCC(=O)O)c6[n]5[Fe]34[N+]3=C(C=2)C(C)=C(CCC(=O)O)C3=C6)[C@@H](C=C)[C@@H]1C. The van der Waals surface area contributed by atoms with E-state index in [0.29, 0.717) is 12.8 Å². The molecule has 0 saturated heterocycles. The van der Waals surface area contributed by atoms with E-state index in [1.165, 1.54) is 17.0 Å². The third-order valence-corrected chi connectivity index (χ3v) is 15.9. The fraction of sp³-hybridized carbons (Fsp3) is 0.250. The average molecular weight is 695 g/mol. The first-order chi connectivity index (χ1) is 23.6. The summed E-state index contributed by atoms with van der Waals surface area (Å²) in [5.74, 6) is -1.48. The van der Waals surface area contributed by atoms with Crippen molar-refractivity contribution < 1.29 is 40.7 Å². The Labute approximate surface area is 287 Å². The Kier molecular flexibility index (Phi) is 6.16. The number of benzene rings is 1. The molecule has 49 heavy (non-hydrogen) atoms. The molecule has 0 saturated carbocycles. The molecule has 6 aliphatic heterocycles. The summed E-state index contributed by atoms with van der Waals surface area (Å²) in [5, 5.41) is 22.0. The molecule has 2 N–H and O–H groups in total. The van der Waals surface area contributed by atoms with Crippen LogP contribution in [0, 0.1) is 25.7 Å². The number of allylic oxidation sites excluding steroid dienone is 3. The molecule has 0 amide bonds. The molecular formula is C40H38FeN4O4+2. The third-order valence-electron chi connectivity index (χ3n) is 11.2. The van der Waals surface area contributed by atoms with Gasteiger partial charge in [0.2, 0.25) is 0 Å². The molecule has 3 aromatic rings. The zero-order valence-corrected chi connectivity index (χ0v) is 29.1. The van der Waals surface area contributed by atoms with Crippen molar-refractivity contribution in [2.24, 2.45) is 11.8 Å². The van der Waals surface area contributed by atoms with E-state index in [0.717, 1.165) is 72.5 Å². The third kappa shape index (κ3) is 3.44. The Morgan fingerprint density at radius 1 is 0.918 bits per heavy atom. The molecule has 0 bridgehead atoms. The summed E-state index contributed by atoms with van der Waals surface area (Å²) < 4.78 is 10.4. The number of carboxylic acid groups (broad SMARTS) is 2. The van der Waals surface area contributed by atoms with Crippen molar-refractivity contribution in [3.63, 3.8) is 0 Å². The van der Waals surface area contributed by atoms with Gasteiger partial charge in [0.05, 0.1) is 0 Å². The van der Waals surface area contributed by atoms with Crippen LogP contribution in [0.1, 0.15) is 72.3 Å². The van der Waals surface area contributed by atoms with Crippen LogP contribution in [0.15, 0.2) is 72.1 Å². The van der Waals surface area contributed by atoms with E-state index in [2.05, 4.69) is 110 Å². The second-order valence-corrected chi connectivity index (χ2v) is 16.9. The van der Waals surface area contributed by atoms with Gasteiger partial charge < -0.3 is 0 Å². The van der Waals surface area contributed by atoms with Crippen molar-refractivity contribution >= 4 is 53.2 Å². The van der Waals surface area contributed by atoms with Crippen LogP contribution in [0.5, 0.6) is 0 Å². The molecule has 0 fully saturated rings. The van der Waals surface area contributed by atoms with Crippen LogP contribution in [0.25, 0.3) is 29.9 Å². The number of carbonyl (C=O) groups is 2.